The third-order valence-corrected chi connectivity index (χ3v) is 3.38. The Hall–Kier alpha value is -0.910. The van der Waals surface area contributed by atoms with Crippen LogP contribution >= 0.6 is 11.6 Å². The molecule has 0 aliphatic heterocycles. The van der Waals surface area contributed by atoms with Gasteiger partial charge in [0.2, 0.25) is 0 Å². The van der Waals surface area contributed by atoms with E-state index < -0.39 is 11.6 Å². The summed E-state index contributed by atoms with van der Waals surface area (Å²) in [6.07, 6.45) is -0.162. The molecule has 0 heterocycles. The van der Waals surface area contributed by atoms with E-state index in [2.05, 4.69) is 0 Å². The highest BCUT2D eigenvalue weighted by molar-refractivity contribution is 6.21. The van der Waals surface area contributed by atoms with Crippen molar-refractivity contribution in [2.75, 3.05) is 20.3 Å². The molecule has 0 saturated heterocycles. The number of hydrogen-bond donors (Lipinski definition) is 0. The van der Waals surface area contributed by atoms with Crippen LogP contribution in [0.3, 0.4) is 0 Å². The summed E-state index contributed by atoms with van der Waals surface area (Å²) in [6.45, 7) is 0.830. The molecule has 2 rings (SSSR count). The quantitative estimate of drug-likeness (QED) is 0.596. The van der Waals surface area contributed by atoms with Crippen LogP contribution in [0.15, 0.2) is 18.2 Å². The van der Waals surface area contributed by atoms with Crippen molar-refractivity contribution in [2.24, 2.45) is 0 Å². The number of benzene rings is 1. The number of methoxy groups -OCH3 is 1. The van der Waals surface area contributed by atoms with Gasteiger partial charge in [-0.2, -0.15) is 0 Å². The van der Waals surface area contributed by atoms with Crippen LogP contribution in [-0.4, -0.2) is 37.9 Å². The zero-order valence-electron chi connectivity index (χ0n) is 10.4. The van der Waals surface area contributed by atoms with Gasteiger partial charge in [0.25, 0.3) is 0 Å². The van der Waals surface area contributed by atoms with Crippen LogP contribution in [0.1, 0.15) is 6.42 Å². The molecule has 0 N–H and O–H groups in total. The van der Waals surface area contributed by atoms with Gasteiger partial charge in [0.05, 0.1) is 18.6 Å². The average molecular weight is 293 g/mol. The Morgan fingerprint density at radius 2 is 2.11 bits per heavy atom. The molecule has 1 fully saturated rings. The number of alkyl halides is 1. The van der Waals surface area contributed by atoms with Gasteiger partial charge >= 0.3 is 0 Å². The molecule has 3 unspecified atom stereocenters. The predicted molar refractivity (Wildman–Crippen MR) is 66.6 cm³/mol. The van der Waals surface area contributed by atoms with E-state index in [1.54, 1.807) is 7.11 Å². The summed E-state index contributed by atoms with van der Waals surface area (Å²) >= 11 is 6.01. The van der Waals surface area contributed by atoms with Gasteiger partial charge < -0.3 is 14.2 Å². The van der Waals surface area contributed by atoms with Crippen molar-refractivity contribution in [1.82, 2.24) is 0 Å². The molecule has 1 aromatic rings. The number of hydrogen-bond acceptors (Lipinski definition) is 3. The number of ether oxygens (including phenoxy) is 3. The maximum absolute atomic E-state index is 13.4. The first-order valence-electron chi connectivity index (χ1n) is 5.98. The lowest BCUT2D eigenvalue weighted by molar-refractivity contribution is -0.0907. The molecule has 106 valence electrons. The Morgan fingerprint density at radius 1 is 1.32 bits per heavy atom. The van der Waals surface area contributed by atoms with Crippen LogP contribution in [0.2, 0.25) is 0 Å². The fourth-order valence-corrected chi connectivity index (χ4v) is 2.26. The van der Waals surface area contributed by atoms with E-state index in [4.69, 9.17) is 25.8 Å². The van der Waals surface area contributed by atoms with E-state index in [0.717, 1.165) is 18.2 Å². The Labute approximate surface area is 115 Å². The van der Waals surface area contributed by atoms with E-state index in [9.17, 15) is 8.78 Å². The van der Waals surface area contributed by atoms with Gasteiger partial charge in [0, 0.05) is 19.6 Å². The molecule has 3 atom stereocenters. The zero-order valence-corrected chi connectivity index (χ0v) is 11.2. The largest absolute Gasteiger partial charge is 0.484 e. The number of halogens is 3. The molecular formula is C13H15ClF2O3. The molecule has 0 radical (unpaired) electrons. The monoisotopic (exact) mass is 292 g/mol. The summed E-state index contributed by atoms with van der Waals surface area (Å²) in [7, 11) is 1.57. The first-order chi connectivity index (χ1) is 9.11. The van der Waals surface area contributed by atoms with Crippen molar-refractivity contribution in [3.8, 4) is 5.75 Å². The molecule has 0 spiro atoms. The zero-order chi connectivity index (χ0) is 13.8. The van der Waals surface area contributed by atoms with Gasteiger partial charge in [-0.25, -0.2) is 8.78 Å². The highest BCUT2D eigenvalue weighted by Gasteiger charge is 2.43. The minimum absolute atomic E-state index is 0.117. The van der Waals surface area contributed by atoms with Gasteiger partial charge in [0.1, 0.15) is 18.0 Å². The van der Waals surface area contributed by atoms with Crippen LogP contribution in [0, 0.1) is 11.6 Å². The van der Waals surface area contributed by atoms with Crippen LogP contribution < -0.4 is 4.74 Å². The molecular weight excluding hydrogens is 278 g/mol. The van der Waals surface area contributed by atoms with Crippen LogP contribution in [-0.2, 0) is 9.47 Å². The lowest BCUT2D eigenvalue weighted by atomic mass is 9.91. The van der Waals surface area contributed by atoms with Crippen molar-refractivity contribution in [2.45, 2.75) is 24.0 Å². The molecule has 1 saturated carbocycles. The molecule has 3 nitrogen and oxygen atoms in total. The summed E-state index contributed by atoms with van der Waals surface area (Å²) in [5, 5.41) is -0.182. The molecule has 6 heteroatoms. The molecule has 19 heavy (non-hydrogen) atoms. The fraction of sp³-hybridized carbons (Fsp3) is 0.538. The Bertz CT molecular complexity index is 430. The fourth-order valence-electron chi connectivity index (χ4n) is 1.85. The predicted octanol–water partition coefficient (Wildman–Crippen LogP) is 2.75. The van der Waals surface area contributed by atoms with Crippen LogP contribution in [0.5, 0.6) is 5.75 Å². The second-order valence-corrected chi connectivity index (χ2v) is 4.87. The maximum atomic E-state index is 13.4. The molecule has 0 amide bonds. The molecule has 1 aliphatic rings. The van der Waals surface area contributed by atoms with E-state index in [0.29, 0.717) is 19.6 Å². The van der Waals surface area contributed by atoms with Gasteiger partial charge in [-0.3, -0.25) is 0 Å². The first kappa shape index (κ1) is 14.5. The Kier molecular flexibility index (Phi) is 4.96. The number of rotatable bonds is 6. The molecule has 0 aromatic heterocycles. The maximum Gasteiger partial charge on any atom is 0.165 e. The average Bonchev–Trinajstić information content (AvgIpc) is 2.38. The van der Waals surface area contributed by atoms with E-state index in [1.807, 2.05) is 0 Å². The summed E-state index contributed by atoms with van der Waals surface area (Å²) < 4.78 is 42.2. The Morgan fingerprint density at radius 3 is 2.79 bits per heavy atom. The van der Waals surface area contributed by atoms with Crippen molar-refractivity contribution in [3.05, 3.63) is 29.8 Å². The van der Waals surface area contributed by atoms with Crippen LogP contribution in [0.4, 0.5) is 8.78 Å². The second kappa shape index (κ2) is 6.50. The van der Waals surface area contributed by atoms with Crippen LogP contribution in [0.25, 0.3) is 0 Å². The van der Waals surface area contributed by atoms with E-state index in [1.165, 1.54) is 0 Å². The van der Waals surface area contributed by atoms with Crippen molar-refractivity contribution in [3.63, 3.8) is 0 Å². The summed E-state index contributed by atoms with van der Waals surface area (Å²) in [6, 6.07) is 3.09. The summed E-state index contributed by atoms with van der Waals surface area (Å²) in [5.41, 5.74) is 0. The van der Waals surface area contributed by atoms with Gasteiger partial charge in [-0.15, -0.1) is 11.6 Å². The smallest absolute Gasteiger partial charge is 0.165 e. The van der Waals surface area contributed by atoms with Crippen molar-refractivity contribution >= 4 is 11.6 Å². The molecule has 1 aliphatic carbocycles. The normalized spacial score (nSPS) is 26.0. The lowest BCUT2D eigenvalue weighted by Crippen LogP contribution is -2.53. The Balaban J connectivity index is 1.93. The summed E-state index contributed by atoms with van der Waals surface area (Å²) in [5.74, 6) is -1.26. The SMILES string of the molecule is COCCOC1C(Cl)CC1Oc1cc(F)ccc1F. The van der Waals surface area contributed by atoms with Gasteiger partial charge in [-0.05, 0) is 12.1 Å². The minimum Gasteiger partial charge on any atom is -0.484 e. The highest BCUT2D eigenvalue weighted by atomic mass is 35.5. The van der Waals surface area contributed by atoms with Gasteiger partial charge in [0.15, 0.2) is 11.6 Å². The highest BCUT2D eigenvalue weighted by Crippen LogP contribution is 2.33. The van der Waals surface area contributed by atoms with E-state index in [-0.39, 0.29) is 23.3 Å². The third kappa shape index (κ3) is 3.55. The standard InChI is InChI=1S/C13H15ClF2O3/c1-17-4-5-18-13-9(14)7-12(13)19-11-6-8(15)2-3-10(11)16/h2-3,6,9,12-13H,4-5,7H2,1H3. The summed E-state index contributed by atoms with van der Waals surface area (Å²) in [4.78, 5) is 0. The van der Waals surface area contributed by atoms with E-state index >= 15 is 0 Å². The first-order valence-corrected chi connectivity index (χ1v) is 6.41. The van der Waals surface area contributed by atoms with Crippen molar-refractivity contribution < 1.29 is 23.0 Å². The topological polar surface area (TPSA) is 27.7 Å². The third-order valence-electron chi connectivity index (χ3n) is 2.95. The molecule has 0 bridgehead atoms. The second-order valence-electron chi connectivity index (χ2n) is 4.31. The van der Waals surface area contributed by atoms with Crippen molar-refractivity contribution in [1.29, 1.82) is 0 Å². The minimum atomic E-state index is -0.602. The lowest BCUT2D eigenvalue weighted by Gasteiger charge is -2.40. The van der Waals surface area contributed by atoms with Gasteiger partial charge in [-0.1, -0.05) is 0 Å². The molecule has 1 aromatic carbocycles.